The molecule has 0 spiro atoms. The van der Waals surface area contributed by atoms with Gasteiger partial charge in [-0.05, 0) is 33.9 Å². The smallest absolute Gasteiger partial charge is 0.0916 e. The second kappa shape index (κ2) is 2.76. The van der Waals surface area contributed by atoms with Gasteiger partial charge in [-0.15, -0.1) is 0 Å². The first-order chi connectivity index (χ1) is 4.00. The first-order valence-corrected chi connectivity index (χ1v) is 3.06. The van der Waals surface area contributed by atoms with Crippen LogP contribution in [-0.2, 0) is 0 Å². The number of hydrogen-bond acceptors (Lipinski definition) is 2. The molecule has 0 aromatic carbocycles. The zero-order chi connectivity index (χ0) is 7.49. The third kappa shape index (κ3) is 2.40. The van der Waals surface area contributed by atoms with E-state index in [0.717, 1.165) is 0 Å². The molecule has 0 radical (unpaired) electrons. The molecule has 2 nitrogen and oxygen atoms in total. The molecule has 9 heavy (non-hydrogen) atoms. The van der Waals surface area contributed by atoms with Crippen LogP contribution in [0.25, 0.3) is 0 Å². The summed E-state index contributed by atoms with van der Waals surface area (Å²) in [7, 11) is 0. The summed E-state index contributed by atoms with van der Waals surface area (Å²) >= 11 is 0. The van der Waals surface area contributed by atoms with Gasteiger partial charge in [-0.2, -0.15) is 0 Å². The highest BCUT2D eigenvalue weighted by molar-refractivity contribution is 5.89. The lowest BCUT2D eigenvalue weighted by Gasteiger charge is -2.16. The minimum Gasteiger partial charge on any atom is -0.307 e. The summed E-state index contributed by atoms with van der Waals surface area (Å²) in [5.74, 6) is 0. The maximum atomic E-state index is 7.29. The van der Waals surface area contributed by atoms with Crippen LogP contribution in [0.5, 0.6) is 0 Å². The SMILES string of the molecule is CC=NC(C)(C)C(C)=N. The predicted octanol–water partition coefficient (Wildman–Crippen LogP) is 1.90. The standard InChI is InChI=1S/C7H14N2/c1-5-9-7(3,4)6(2)8/h5,8H,1-4H3. The number of rotatable bonds is 2. The number of hydrogen-bond donors (Lipinski definition) is 1. The Morgan fingerprint density at radius 1 is 1.56 bits per heavy atom. The van der Waals surface area contributed by atoms with Gasteiger partial charge in [0.25, 0.3) is 0 Å². The molecular weight excluding hydrogens is 112 g/mol. The Kier molecular flexibility index (Phi) is 2.56. The second-order valence-electron chi connectivity index (χ2n) is 2.57. The molecule has 0 aromatic heterocycles. The van der Waals surface area contributed by atoms with Crippen LogP contribution in [0.4, 0.5) is 0 Å². The van der Waals surface area contributed by atoms with E-state index in [1.807, 2.05) is 20.8 Å². The molecule has 0 atom stereocenters. The van der Waals surface area contributed by atoms with Crippen LogP contribution < -0.4 is 0 Å². The molecule has 0 heterocycles. The van der Waals surface area contributed by atoms with Crippen molar-refractivity contribution in [2.75, 3.05) is 0 Å². The van der Waals surface area contributed by atoms with Crippen LogP contribution in [0.2, 0.25) is 0 Å². The first kappa shape index (κ1) is 8.34. The largest absolute Gasteiger partial charge is 0.307 e. The van der Waals surface area contributed by atoms with Crippen LogP contribution in [0, 0.1) is 5.41 Å². The van der Waals surface area contributed by atoms with Gasteiger partial charge in [-0.1, -0.05) is 0 Å². The topological polar surface area (TPSA) is 36.2 Å². The van der Waals surface area contributed by atoms with E-state index in [0.29, 0.717) is 5.71 Å². The minimum atomic E-state index is -0.297. The van der Waals surface area contributed by atoms with Gasteiger partial charge in [0.1, 0.15) is 0 Å². The van der Waals surface area contributed by atoms with Gasteiger partial charge >= 0.3 is 0 Å². The van der Waals surface area contributed by atoms with Gasteiger partial charge in [0.05, 0.1) is 5.54 Å². The van der Waals surface area contributed by atoms with E-state index in [-0.39, 0.29) is 5.54 Å². The molecule has 0 unspecified atom stereocenters. The lowest BCUT2D eigenvalue weighted by atomic mass is 10.0. The lowest BCUT2D eigenvalue weighted by molar-refractivity contribution is 0.697. The third-order valence-electron chi connectivity index (χ3n) is 1.37. The summed E-state index contributed by atoms with van der Waals surface area (Å²) in [5, 5.41) is 7.29. The highest BCUT2D eigenvalue weighted by atomic mass is 14.8. The molecule has 0 aliphatic carbocycles. The van der Waals surface area contributed by atoms with E-state index in [4.69, 9.17) is 5.41 Å². The third-order valence-corrected chi connectivity index (χ3v) is 1.37. The van der Waals surface area contributed by atoms with Gasteiger partial charge in [0.2, 0.25) is 0 Å². The molecule has 0 saturated carbocycles. The van der Waals surface area contributed by atoms with Gasteiger partial charge in [0.15, 0.2) is 0 Å². The number of aliphatic imine (C=N–C) groups is 1. The molecule has 0 aliphatic rings. The Labute approximate surface area is 56.5 Å². The molecule has 1 N–H and O–H groups in total. The van der Waals surface area contributed by atoms with Gasteiger partial charge < -0.3 is 5.41 Å². The molecule has 0 amide bonds. The average molecular weight is 126 g/mol. The lowest BCUT2D eigenvalue weighted by Crippen LogP contribution is -2.25. The van der Waals surface area contributed by atoms with Crippen molar-refractivity contribution in [2.45, 2.75) is 33.2 Å². The zero-order valence-corrected chi connectivity index (χ0v) is 6.52. The van der Waals surface area contributed by atoms with Crippen molar-refractivity contribution < 1.29 is 0 Å². The summed E-state index contributed by atoms with van der Waals surface area (Å²) in [6, 6.07) is 0. The maximum absolute atomic E-state index is 7.29. The summed E-state index contributed by atoms with van der Waals surface area (Å²) < 4.78 is 0. The van der Waals surface area contributed by atoms with Gasteiger partial charge in [0, 0.05) is 5.71 Å². The second-order valence-corrected chi connectivity index (χ2v) is 2.57. The minimum absolute atomic E-state index is 0.297. The maximum Gasteiger partial charge on any atom is 0.0916 e. The van der Waals surface area contributed by atoms with E-state index < -0.39 is 0 Å². The molecule has 0 aliphatic heterocycles. The Bertz CT molecular complexity index is 134. The van der Waals surface area contributed by atoms with E-state index in [2.05, 4.69) is 4.99 Å². The molecule has 0 fully saturated rings. The van der Waals surface area contributed by atoms with Crippen LogP contribution >= 0.6 is 0 Å². The van der Waals surface area contributed by atoms with Crippen molar-refractivity contribution in [3.05, 3.63) is 0 Å². The van der Waals surface area contributed by atoms with Crippen LogP contribution in [0.3, 0.4) is 0 Å². The Hall–Kier alpha value is -0.660. The van der Waals surface area contributed by atoms with Crippen LogP contribution in [-0.4, -0.2) is 17.5 Å². The summed E-state index contributed by atoms with van der Waals surface area (Å²) in [6.07, 6.45) is 1.73. The molecule has 2 heteroatoms. The van der Waals surface area contributed by atoms with E-state index in [9.17, 15) is 0 Å². The Morgan fingerprint density at radius 2 is 2.00 bits per heavy atom. The molecule has 0 aromatic rings. The van der Waals surface area contributed by atoms with Crippen molar-refractivity contribution in [2.24, 2.45) is 4.99 Å². The highest BCUT2D eigenvalue weighted by Crippen LogP contribution is 2.08. The molecule has 0 saturated heterocycles. The molecule has 52 valence electrons. The fourth-order valence-electron chi connectivity index (χ4n) is 0.420. The highest BCUT2D eigenvalue weighted by Gasteiger charge is 2.16. The average Bonchev–Trinajstić information content (AvgIpc) is 1.65. The van der Waals surface area contributed by atoms with E-state index in [1.165, 1.54) is 0 Å². The predicted molar refractivity (Wildman–Crippen MR) is 41.6 cm³/mol. The summed E-state index contributed by atoms with van der Waals surface area (Å²) in [5.41, 5.74) is 0.301. The van der Waals surface area contributed by atoms with Crippen LogP contribution in [0.1, 0.15) is 27.7 Å². The summed E-state index contributed by atoms with van der Waals surface area (Å²) in [4.78, 5) is 4.11. The fraction of sp³-hybridized carbons (Fsp3) is 0.714. The van der Waals surface area contributed by atoms with Crippen molar-refractivity contribution in [1.29, 1.82) is 5.41 Å². The van der Waals surface area contributed by atoms with Crippen molar-refractivity contribution in [1.82, 2.24) is 0 Å². The van der Waals surface area contributed by atoms with Crippen molar-refractivity contribution in [3.63, 3.8) is 0 Å². The molecular formula is C7H14N2. The van der Waals surface area contributed by atoms with Gasteiger partial charge in [-0.25, -0.2) is 0 Å². The quantitative estimate of drug-likeness (QED) is 0.548. The van der Waals surface area contributed by atoms with Crippen molar-refractivity contribution >= 4 is 11.9 Å². The molecule has 0 rings (SSSR count). The Balaban J connectivity index is 4.19. The first-order valence-electron chi connectivity index (χ1n) is 3.06. The van der Waals surface area contributed by atoms with Gasteiger partial charge in [-0.3, -0.25) is 4.99 Å². The van der Waals surface area contributed by atoms with Crippen molar-refractivity contribution in [3.8, 4) is 0 Å². The number of nitrogens with one attached hydrogen (secondary N) is 1. The van der Waals surface area contributed by atoms with E-state index >= 15 is 0 Å². The number of nitrogens with zero attached hydrogens (tertiary/aromatic N) is 1. The molecule has 0 bridgehead atoms. The normalized spacial score (nSPS) is 12.4. The monoisotopic (exact) mass is 126 g/mol. The summed E-state index contributed by atoms with van der Waals surface area (Å²) in [6.45, 7) is 7.49. The zero-order valence-electron chi connectivity index (χ0n) is 6.52. The Morgan fingerprint density at radius 3 is 2.11 bits per heavy atom. The van der Waals surface area contributed by atoms with E-state index in [1.54, 1.807) is 13.1 Å². The fourth-order valence-corrected chi connectivity index (χ4v) is 0.420. The van der Waals surface area contributed by atoms with Crippen LogP contribution in [0.15, 0.2) is 4.99 Å².